The molecule has 0 fully saturated rings. The van der Waals surface area contributed by atoms with Crippen molar-refractivity contribution >= 4 is 11.8 Å². The van der Waals surface area contributed by atoms with Gasteiger partial charge in [0.15, 0.2) is 0 Å². The number of H-pyrrole nitrogens is 1. The maximum Gasteiger partial charge on any atom is 0.139 e. The average molecular weight is 337 g/mol. The largest absolute Gasteiger partial charge is 0.330 e. The zero-order valence-corrected chi connectivity index (χ0v) is 13.6. The van der Waals surface area contributed by atoms with E-state index in [0.29, 0.717) is 0 Å². The first kappa shape index (κ1) is 14.7. The quantitative estimate of drug-likeness (QED) is 0.547. The Balaban J connectivity index is 1.52. The highest BCUT2D eigenvalue weighted by Crippen LogP contribution is 2.21. The first-order valence-electron chi connectivity index (χ1n) is 7.50. The van der Waals surface area contributed by atoms with Gasteiger partial charge in [-0.05, 0) is 18.2 Å². The summed E-state index contributed by atoms with van der Waals surface area (Å²) in [5.41, 5.74) is 2.09. The van der Waals surface area contributed by atoms with Crippen LogP contribution in [-0.4, -0.2) is 40.5 Å². The second-order valence-electron chi connectivity index (χ2n) is 5.10. The predicted octanol–water partition coefficient (Wildman–Crippen LogP) is 2.65. The zero-order valence-electron chi connectivity index (χ0n) is 12.8. The Labute approximate surface area is 142 Å². The molecular weight excluding hydrogens is 322 g/mol. The Hall–Kier alpha value is -2.87. The van der Waals surface area contributed by atoms with Gasteiger partial charge in [-0.2, -0.15) is 15.4 Å². The van der Waals surface area contributed by atoms with Gasteiger partial charge >= 0.3 is 0 Å². The van der Waals surface area contributed by atoms with Gasteiger partial charge in [0.1, 0.15) is 10.9 Å². The molecule has 0 saturated heterocycles. The number of thioether (sulfide) groups is 1. The molecule has 8 heteroatoms. The lowest BCUT2D eigenvalue weighted by Gasteiger charge is -2.09. The molecule has 120 valence electrons. The summed E-state index contributed by atoms with van der Waals surface area (Å²) in [6, 6.07) is 10.1. The molecule has 4 rings (SSSR count). The maximum absolute atomic E-state index is 4.51. The van der Waals surface area contributed by atoms with Gasteiger partial charge in [0, 0.05) is 42.6 Å². The van der Waals surface area contributed by atoms with E-state index in [2.05, 4.69) is 42.2 Å². The number of aromatic amines is 1. The van der Waals surface area contributed by atoms with Crippen molar-refractivity contribution in [3.05, 3.63) is 61.3 Å². The van der Waals surface area contributed by atoms with Crippen molar-refractivity contribution in [2.75, 3.05) is 5.75 Å². The van der Waals surface area contributed by atoms with Crippen LogP contribution in [0, 0.1) is 0 Å². The second-order valence-corrected chi connectivity index (χ2v) is 6.22. The summed E-state index contributed by atoms with van der Waals surface area (Å²) in [4.78, 5) is 4.51. The van der Waals surface area contributed by atoms with Gasteiger partial charge in [0.05, 0.1) is 11.9 Å². The summed E-state index contributed by atoms with van der Waals surface area (Å²) in [5, 5.41) is 15.7. The zero-order chi connectivity index (χ0) is 16.2. The van der Waals surface area contributed by atoms with Crippen molar-refractivity contribution in [1.82, 2.24) is 34.7 Å². The van der Waals surface area contributed by atoms with Crippen molar-refractivity contribution in [2.24, 2.45) is 0 Å². The molecule has 7 nitrogen and oxygen atoms in total. The molecule has 24 heavy (non-hydrogen) atoms. The molecule has 0 bridgehead atoms. The van der Waals surface area contributed by atoms with Crippen molar-refractivity contribution in [1.29, 1.82) is 0 Å². The first-order chi connectivity index (χ1) is 11.9. The highest BCUT2D eigenvalue weighted by Gasteiger charge is 2.08. The van der Waals surface area contributed by atoms with Crippen LogP contribution >= 0.6 is 11.8 Å². The van der Waals surface area contributed by atoms with E-state index < -0.39 is 0 Å². The van der Waals surface area contributed by atoms with Crippen LogP contribution in [0.25, 0.3) is 17.1 Å². The molecule has 0 aliphatic heterocycles. The fourth-order valence-corrected chi connectivity index (χ4v) is 3.20. The third kappa shape index (κ3) is 3.09. The van der Waals surface area contributed by atoms with Crippen LogP contribution in [0.3, 0.4) is 0 Å². The Kier molecular flexibility index (Phi) is 4.11. The van der Waals surface area contributed by atoms with Gasteiger partial charge in [-0.1, -0.05) is 12.1 Å². The molecule has 0 atom stereocenters. The van der Waals surface area contributed by atoms with Crippen LogP contribution in [-0.2, 0) is 6.54 Å². The van der Waals surface area contributed by atoms with E-state index in [0.717, 1.165) is 34.4 Å². The highest BCUT2D eigenvalue weighted by atomic mass is 32.2. The number of hydrogen-bond donors (Lipinski definition) is 1. The lowest BCUT2D eigenvalue weighted by Crippen LogP contribution is -2.02. The number of rotatable bonds is 6. The van der Waals surface area contributed by atoms with Crippen LogP contribution < -0.4 is 0 Å². The molecule has 0 unspecified atom stereocenters. The summed E-state index contributed by atoms with van der Waals surface area (Å²) in [6.45, 7) is 0.846. The lowest BCUT2D eigenvalue weighted by molar-refractivity contribution is 0.778. The molecule has 0 amide bonds. The minimum absolute atomic E-state index is 0.846. The number of benzene rings is 1. The van der Waals surface area contributed by atoms with E-state index in [9.17, 15) is 0 Å². The molecule has 0 aliphatic rings. The first-order valence-corrected chi connectivity index (χ1v) is 8.49. The lowest BCUT2D eigenvalue weighted by atomic mass is 10.2. The Bertz CT molecular complexity index is 896. The third-order valence-corrected chi connectivity index (χ3v) is 4.44. The standard InChI is InChI=1S/C16H15N7S/c1-3-13(11-14(4-1)23-7-2-5-19-23)16-17-6-8-22(16)9-10-24-15-12-18-21-20-15/h1-8,11-12H,9-10H2,(H,18,20,21). The van der Waals surface area contributed by atoms with Gasteiger partial charge in [0.25, 0.3) is 0 Å². The van der Waals surface area contributed by atoms with E-state index in [1.807, 2.05) is 41.5 Å². The number of aryl methyl sites for hydroxylation is 1. The topological polar surface area (TPSA) is 77.2 Å². The molecule has 4 aromatic rings. The fraction of sp³-hybridized carbons (Fsp3) is 0.125. The smallest absolute Gasteiger partial charge is 0.139 e. The van der Waals surface area contributed by atoms with Gasteiger partial charge in [-0.25, -0.2) is 9.67 Å². The SMILES string of the molecule is c1cc(-c2nccn2CCSc2cn[nH]n2)cc(-n2cccn2)c1. The molecule has 1 aromatic carbocycles. The van der Waals surface area contributed by atoms with E-state index >= 15 is 0 Å². The minimum Gasteiger partial charge on any atom is -0.330 e. The Morgan fingerprint density at radius 3 is 2.96 bits per heavy atom. The second kappa shape index (κ2) is 6.71. The van der Waals surface area contributed by atoms with Crippen LogP contribution in [0.5, 0.6) is 0 Å². The van der Waals surface area contributed by atoms with Crippen LogP contribution in [0.2, 0.25) is 0 Å². The molecule has 0 saturated carbocycles. The molecule has 0 spiro atoms. The van der Waals surface area contributed by atoms with E-state index in [-0.39, 0.29) is 0 Å². The number of hydrogen-bond acceptors (Lipinski definition) is 5. The van der Waals surface area contributed by atoms with Crippen molar-refractivity contribution in [3.8, 4) is 17.1 Å². The summed E-state index contributed by atoms with van der Waals surface area (Å²) < 4.78 is 3.99. The van der Waals surface area contributed by atoms with Gasteiger partial charge in [0.2, 0.25) is 0 Å². The van der Waals surface area contributed by atoms with Crippen molar-refractivity contribution < 1.29 is 0 Å². The molecule has 3 aromatic heterocycles. The number of nitrogens with one attached hydrogen (secondary N) is 1. The maximum atomic E-state index is 4.51. The Morgan fingerprint density at radius 1 is 1.12 bits per heavy atom. The molecular formula is C16H15N7S. The monoisotopic (exact) mass is 337 g/mol. The predicted molar refractivity (Wildman–Crippen MR) is 91.9 cm³/mol. The van der Waals surface area contributed by atoms with E-state index in [1.165, 1.54) is 0 Å². The van der Waals surface area contributed by atoms with Crippen LogP contribution in [0.4, 0.5) is 0 Å². The summed E-state index contributed by atoms with van der Waals surface area (Å²) in [7, 11) is 0. The van der Waals surface area contributed by atoms with E-state index in [4.69, 9.17) is 0 Å². The highest BCUT2D eigenvalue weighted by molar-refractivity contribution is 7.99. The molecule has 0 aliphatic carbocycles. The number of imidazole rings is 1. The molecule has 3 heterocycles. The van der Waals surface area contributed by atoms with Gasteiger partial charge in [-0.3, -0.25) is 0 Å². The Morgan fingerprint density at radius 2 is 2.12 bits per heavy atom. The minimum atomic E-state index is 0.846. The normalized spacial score (nSPS) is 11.0. The van der Waals surface area contributed by atoms with Crippen LogP contribution in [0.15, 0.2) is 66.3 Å². The van der Waals surface area contributed by atoms with Crippen molar-refractivity contribution in [2.45, 2.75) is 11.6 Å². The van der Waals surface area contributed by atoms with Gasteiger partial charge in [-0.15, -0.1) is 16.9 Å². The van der Waals surface area contributed by atoms with Crippen LogP contribution in [0.1, 0.15) is 0 Å². The summed E-state index contributed by atoms with van der Waals surface area (Å²) >= 11 is 1.66. The molecule has 1 N–H and O–H groups in total. The van der Waals surface area contributed by atoms with E-state index in [1.54, 1.807) is 24.2 Å². The summed E-state index contributed by atoms with van der Waals surface area (Å²) in [6.07, 6.45) is 9.26. The average Bonchev–Trinajstić information content (AvgIpc) is 3.37. The summed E-state index contributed by atoms with van der Waals surface area (Å²) in [5.74, 6) is 1.85. The molecule has 0 radical (unpaired) electrons. The van der Waals surface area contributed by atoms with Crippen molar-refractivity contribution in [3.63, 3.8) is 0 Å². The number of nitrogens with zero attached hydrogens (tertiary/aromatic N) is 6. The number of aromatic nitrogens is 7. The van der Waals surface area contributed by atoms with Gasteiger partial charge < -0.3 is 4.57 Å². The fourth-order valence-electron chi connectivity index (χ4n) is 2.47. The third-order valence-electron chi connectivity index (χ3n) is 3.56.